The van der Waals surface area contributed by atoms with Gasteiger partial charge in [0.1, 0.15) is 11.3 Å². The highest BCUT2D eigenvalue weighted by atomic mass is 17.2. The fourth-order valence-corrected chi connectivity index (χ4v) is 1.74. The molecule has 6 nitrogen and oxygen atoms in total. The Morgan fingerprint density at radius 1 is 0.952 bits per heavy atom. The van der Waals surface area contributed by atoms with Crippen molar-refractivity contribution in [3.05, 3.63) is 17.7 Å². The van der Waals surface area contributed by atoms with Gasteiger partial charge in [0.05, 0.1) is 27.9 Å². The maximum absolute atomic E-state index is 12.0. The lowest BCUT2D eigenvalue weighted by Crippen LogP contribution is -2.09. The zero-order valence-electron chi connectivity index (χ0n) is 12.9. The van der Waals surface area contributed by atoms with E-state index in [-0.39, 0.29) is 5.56 Å². The standard InChI is InChI=1S/C15H22O6/c1-5-6-7-8-20-21-15(16)11-9-13(18-3)14(19-4)10-12(11)17-2/h9-10H,5-8H2,1-4H3. The molecule has 6 heteroatoms. The van der Waals surface area contributed by atoms with Gasteiger partial charge in [0.15, 0.2) is 11.5 Å². The summed E-state index contributed by atoms with van der Waals surface area (Å²) in [5, 5.41) is 0. The van der Waals surface area contributed by atoms with Gasteiger partial charge in [-0.3, -0.25) is 4.89 Å². The van der Waals surface area contributed by atoms with Crippen LogP contribution >= 0.6 is 0 Å². The summed E-state index contributed by atoms with van der Waals surface area (Å²) in [6, 6.07) is 3.06. The van der Waals surface area contributed by atoms with E-state index in [1.807, 2.05) is 0 Å². The third-order valence-corrected chi connectivity index (χ3v) is 2.89. The Hall–Kier alpha value is -1.95. The quantitative estimate of drug-likeness (QED) is 0.397. The molecular formula is C15H22O6. The Labute approximate surface area is 124 Å². The molecule has 1 aromatic rings. The summed E-state index contributed by atoms with van der Waals surface area (Å²) >= 11 is 0. The number of hydrogen-bond acceptors (Lipinski definition) is 6. The number of hydrogen-bond donors (Lipinski definition) is 0. The Kier molecular flexibility index (Phi) is 7.39. The molecule has 0 unspecified atom stereocenters. The molecule has 0 aliphatic carbocycles. The van der Waals surface area contributed by atoms with Gasteiger partial charge in [0, 0.05) is 12.1 Å². The van der Waals surface area contributed by atoms with E-state index < -0.39 is 5.97 Å². The number of carbonyl (C=O) groups is 1. The van der Waals surface area contributed by atoms with E-state index in [0.29, 0.717) is 23.9 Å². The summed E-state index contributed by atoms with van der Waals surface area (Å²) in [7, 11) is 4.45. The minimum absolute atomic E-state index is 0.214. The molecule has 0 saturated carbocycles. The molecule has 0 aliphatic rings. The summed E-state index contributed by atoms with van der Waals surface area (Å²) in [5.41, 5.74) is 0.214. The summed E-state index contributed by atoms with van der Waals surface area (Å²) in [4.78, 5) is 21.7. The largest absolute Gasteiger partial charge is 0.496 e. The van der Waals surface area contributed by atoms with Gasteiger partial charge >= 0.3 is 5.97 Å². The summed E-state index contributed by atoms with van der Waals surface area (Å²) in [5.74, 6) is 0.574. The van der Waals surface area contributed by atoms with Crippen LogP contribution < -0.4 is 14.2 Å². The predicted octanol–water partition coefficient (Wildman–Crippen LogP) is 2.99. The lowest BCUT2D eigenvalue weighted by Gasteiger charge is -2.13. The highest BCUT2D eigenvalue weighted by Crippen LogP contribution is 2.34. The van der Waals surface area contributed by atoms with Crippen LogP contribution in [0.3, 0.4) is 0 Å². The molecule has 0 saturated heterocycles. The van der Waals surface area contributed by atoms with Crippen molar-refractivity contribution in [2.45, 2.75) is 26.2 Å². The van der Waals surface area contributed by atoms with Crippen molar-refractivity contribution < 1.29 is 28.8 Å². The summed E-state index contributed by atoms with van der Waals surface area (Å²) < 4.78 is 15.5. The molecule has 1 rings (SSSR count). The number of methoxy groups -OCH3 is 3. The molecular weight excluding hydrogens is 276 g/mol. The molecule has 0 aromatic heterocycles. The normalized spacial score (nSPS) is 10.1. The van der Waals surface area contributed by atoms with Crippen LogP contribution in [0.15, 0.2) is 12.1 Å². The molecule has 0 N–H and O–H groups in total. The van der Waals surface area contributed by atoms with Crippen molar-refractivity contribution in [3.63, 3.8) is 0 Å². The van der Waals surface area contributed by atoms with Gasteiger partial charge in [-0.15, -0.1) is 0 Å². The Morgan fingerprint density at radius 3 is 2.14 bits per heavy atom. The number of rotatable bonds is 9. The molecule has 0 fully saturated rings. The Morgan fingerprint density at radius 2 is 1.57 bits per heavy atom. The van der Waals surface area contributed by atoms with E-state index in [9.17, 15) is 4.79 Å². The maximum Gasteiger partial charge on any atom is 0.376 e. The first-order chi connectivity index (χ1) is 10.2. The number of carbonyl (C=O) groups excluding carboxylic acids is 1. The average Bonchev–Trinajstić information content (AvgIpc) is 2.52. The van der Waals surface area contributed by atoms with Crippen LogP contribution in [0, 0.1) is 0 Å². The minimum atomic E-state index is -0.635. The fourth-order valence-electron chi connectivity index (χ4n) is 1.74. The minimum Gasteiger partial charge on any atom is -0.496 e. The SMILES string of the molecule is CCCCCOOC(=O)c1cc(OC)c(OC)cc1OC. The third-order valence-electron chi connectivity index (χ3n) is 2.89. The predicted molar refractivity (Wildman–Crippen MR) is 77.0 cm³/mol. The van der Waals surface area contributed by atoms with Crippen molar-refractivity contribution in [1.82, 2.24) is 0 Å². The first kappa shape index (κ1) is 17.1. The van der Waals surface area contributed by atoms with E-state index in [0.717, 1.165) is 19.3 Å². The van der Waals surface area contributed by atoms with Gasteiger partial charge in [-0.25, -0.2) is 4.79 Å². The van der Waals surface area contributed by atoms with Gasteiger partial charge in [-0.2, -0.15) is 4.89 Å². The van der Waals surface area contributed by atoms with Crippen molar-refractivity contribution in [1.29, 1.82) is 0 Å². The number of ether oxygens (including phenoxy) is 3. The van der Waals surface area contributed by atoms with Crippen LogP contribution in [-0.2, 0) is 9.78 Å². The van der Waals surface area contributed by atoms with E-state index in [1.165, 1.54) is 27.4 Å². The monoisotopic (exact) mass is 298 g/mol. The fraction of sp³-hybridized carbons (Fsp3) is 0.533. The van der Waals surface area contributed by atoms with Crippen molar-refractivity contribution in [2.75, 3.05) is 27.9 Å². The second-order valence-electron chi connectivity index (χ2n) is 4.31. The highest BCUT2D eigenvalue weighted by Gasteiger charge is 2.19. The second-order valence-corrected chi connectivity index (χ2v) is 4.31. The summed E-state index contributed by atoms with van der Waals surface area (Å²) in [6.45, 7) is 2.45. The van der Waals surface area contributed by atoms with Crippen LogP contribution in [0.1, 0.15) is 36.5 Å². The Bertz CT molecular complexity index is 458. The van der Waals surface area contributed by atoms with Gasteiger partial charge in [0.25, 0.3) is 0 Å². The molecule has 0 heterocycles. The molecule has 0 amide bonds. The topological polar surface area (TPSA) is 63.2 Å². The number of benzene rings is 1. The Balaban J connectivity index is 2.77. The molecule has 21 heavy (non-hydrogen) atoms. The zero-order chi connectivity index (χ0) is 15.7. The highest BCUT2D eigenvalue weighted by molar-refractivity contribution is 5.93. The first-order valence-corrected chi connectivity index (χ1v) is 6.81. The molecule has 0 radical (unpaired) electrons. The first-order valence-electron chi connectivity index (χ1n) is 6.81. The van der Waals surface area contributed by atoms with Gasteiger partial charge in [0.2, 0.25) is 0 Å². The third kappa shape index (κ3) is 4.82. The molecule has 0 bridgehead atoms. The van der Waals surface area contributed by atoms with E-state index in [2.05, 4.69) is 6.92 Å². The average molecular weight is 298 g/mol. The molecule has 0 spiro atoms. The van der Waals surface area contributed by atoms with Crippen molar-refractivity contribution in [3.8, 4) is 17.2 Å². The van der Waals surface area contributed by atoms with E-state index in [4.69, 9.17) is 24.0 Å². The van der Waals surface area contributed by atoms with Crippen molar-refractivity contribution >= 4 is 5.97 Å². The smallest absolute Gasteiger partial charge is 0.376 e. The maximum atomic E-state index is 12.0. The molecule has 118 valence electrons. The second kappa shape index (κ2) is 9.07. The molecule has 0 aliphatic heterocycles. The van der Waals surface area contributed by atoms with Crippen LogP contribution in [-0.4, -0.2) is 33.9 Å². The van der Waals surface area contributed by atoms with Gasteiger partial charge in [-0.05, 0) is 6.42 Å². The molecule has 1 aromatic carbocycles. The van der Waals surface area contributed by atoms with Crippen molar-refractivity contribution in [2.24, 2.45) is 0 Å². The van der Waals surface area contributed by atoms with Crippen LogP contribution in [0.2, 0.25) is 0 Å². The van der Waals surface area contributed by atoms with Crippen LogP contribution in [0.25, 0.3) is 0 Å². The number of unbranched alkanes of at least 4 members (excludes halogenated alkanes) is 2. The lowest BCUT2D eigenvalue weighted by molar-refractivity contribution is -0.241. The summed E-state index contributed by atoms with van der Waals surface area (Å²) in [6.07, 6.45) is 2.94. The van der Waals surface area contributed by atoms with E-state index >= 15 is 0 Å². The van der Waals surface area contributed by atoms with Crippen LogP contribution in [0.4, 0.5) is 0 Å². The zero-order valence-corrected chi connectivity index (χ0v) is 12.9. The van der Waals surface area contributed by atoms with E-state index in [1.54, 1.807) is 6.07 Å². The van der Waals surface area contributed by atoms with Crippen LogP contribution in [0.5, 0.6) is 17.2 Å². The van der Waals surface area contributed by atoms with Gasteiger partial charge in [-0.1, -0.05) is 19.8 Å². The van der Waals surface area contributed by atoms with Gasteiger partial charge < -0.3 is 14.2 Å². The lowest BCUT2D eigenvalue weighted by atomic mass is 10.1. The molecule has 0 atom stereocenters.